The third-order valence-electron chi connectivity index (χ3n) is 1.35. The van der Waals surface area contributed by atoms with Gasteiger partial charge in [0.2, 0.25) is 5.78 Å². The Kier molecular flexibility index (Phi) is 4.06. The molecule has 62 valence electrons. The van der Waals surface area contributed by atoms with Crippen LogP contribution in [0.1, 0.15) is 0 Å². The van der Waals surface area contributed by atoms with Gasteiger partial charge in [-0.3, -0.25) is 10.2 Å². The number of ketones is 1. The standard InChI is InChI=1S/C7H5NO4.Na/c8-4-2-1-3(7(11)12)5(9)6(4)10;/h1-2,8-9H,(H,11,12);/q;+1/p-1. The predicted octanol–water partition coefficient (Wildman–Crippen LogP) is -4.29. The number of Topliss-reactive ketones (excluding diaryl/α,β-unsaturated/α-hetero) is 1. The number of rotatable bonds is 1. The Labute approximate surface area is 95.6 Å². The number of nitrogens with one attached hydrogen (secondary N) is 1. The molecule has 0 amide bonds. The summed E-state index contributed by atoms with van der Waals surface area (Å²) in [6.45, 7) is 0. The number of allylic oxidation sites excluding steroid dienone is 2. The van der Waals surface area contributed by atoms with Gasteiger partial charge in [-0.25, -0.2) is 0 Å². The molecule has 1 rings (SSSR count). The zero-order chi connectivity index (χ0) is 9.30. The number of aliphatic hydroxyl groups excluding tert-OH is 1. The molecular formula is C7H4NNaO4. The van der Waals surface area contributed by atoms with Crippen LogP contribution < -0.4 is 34.7 Å². The largest absolute Gasteiger partial charge is 1.00 e. The average Bonchev–Trinajstić information content (AvgIpc) is 2.00. The second-order valence-electron chi connectivity index (χ2n) is 2.13. The SMILES string of the molecule is N=C1C=CC(C(=O)[O-])=C(O)C1=O.[Na+]. The van der Waals surface area contributed by atoms with Crippen molar-refractivity contribution in [3.05, 3.63) is 23.5 Å². The fraction of sp³-hybridized carbons (Fsp3) is 0. The van der Waals surface area contributed by atoms with Crippen molar-refractivity contribution in [1.82, 2.24) is 0 Å². The Morgan fingerprint density at radius 3 is 2.46 bits per heavy atom. The molecule has 0 bridgehead atoms. The monoisotopic (exact) mass is 189 g/mol. The van der Waals surface area contributed by atoms with Gasteiger partial charge in [0.15, 0.2) is 5.76 Å². The molecule has 5 nitrogen and oxygen atoms in total. The van der Waals surface area contributed by atoms with Crippen molar-refractivity contribution < 1.29 is 49.4 Å². The maximum Gasteiger partial charge on any atom is 1.00 e. The van der Waals surface area contributed by atoms with E-state index >= 15 is 0 Å². The summed E-state index contributed by atoms with van der Waals surface area (Å²) in [6, 6.07) is 0. The number of hydrogen-bond donors (Lipinski definition) is 2. The smallest absolute Gasteiger partial charge is 0.545 e. The number of aliphatic hydroxyl groups is 1. The van der Waals surface area contributed by atoms with Crippen LogP contribution >= 0.6 is 0 Å². The maximum atomic E-state index is 10.8. The normalized spacial score (nSPS) is 15.7. The van der Waals surface area contributed by atoms with Crippen molar-refractivity contribution in [1.29, 1.82) is 5.41 Å². The van der Waals surface area contributed by atoms with Gasteiger partial charge in [0, 0.05) is 5.57 Å². The minimum atomic E-state index is -1.63. The summed E-state index contributed by atoms with van der Waals surface area (Å²) in [5.41, 5.74) is -1.03. The van der Waals surface area contributed by atoms with Crippen LogP contribution in [-0.4, -0.2) is 22.6 Å². The van der Waals surface area contributed by atoms with Gasteiger partial charge in [-0.15, -0.1) is 0 Å². The Hall–Kier alpha value is -0.910. The number of carboxylic acids is 1. The summed E-state index contributed by atoms with van der Waals surface area (Å²) < 4.78 is 0. The molecule has 1 aliphatic carbocycles. The first-order valence-electron chi connectivity index (χ1n) is 3.00. The van der Waals surface area contributed by atoms with Crippen LogP contribution in [0.25, 0.3) is 0 Å². The molecule has 13 heavy (non-hydrogen) atoms. The number of carbonyl (C=O) groups excluding carboxylic acids is 2. The Morgan fingerprint density at radius 2 is 2.00 bits per heavy atom. The molecule has 0 aromatic heterocycles. The van der Waals surface area contributed by atoms with Crippen molar-refractivity contribution in [2.75, 3.05) is 0 Å². The van der Waals surface area contributed by atoms with E-state index in [1.54, 1.807) is 0 Å². The Morgan fingerprint density at radius 1 is 1.46 bits per heavy atom. The molecule has 0 spiro atoms. The Balaban J connectivity index is 0.00000144. The van der Waals surface area contributed by atoms with Crippen molar-refractivity contribution >= 4 is 17.5 Å². The molecule has 0 atom stereocenters. The first-order valence-corrected chi connectivity index (χ1v) is 3.00. The number of aliphatic carboxylic acids is 1. The zero-order valence-electron chi connectivity index (χ0n) is 6.83. The number of hydrogen-bond acceptors (Lipinski definition) is 5. The second-order valence-corrected chi connectivity index (χ2v) is 2.13. The summed E-state index contributed by atoms with van der Waals surface area (Å²) in [5, 5.41) is 26.0. The van der Waals surface area contributed by atoms with E-state index in [-0.39, 0.29) is 29.6 Å². The maximum absolute atomic E-state index is 10.8. The van der Waals surface area contributed by atoms with Gasteiger partial charge in [0.1, 0.15) is 5.71 Å². The quantitative estimate of drug-likeness (QED) is 0.322. The van der Waals surface area contributed by atoms with Gasteiger partial charge in [0.25, 0.3) is 0 Å². The van der Waals surface area contributed by atoms with Gasteiger partial charge < -0.3 is 15.0 Å². The van der Waals surface area contributed by atoms with Gasteiger partial charge in [-0.1, -0.05) is 0 Å². The second kappa shape index (κ2) is 4.36. The van der Waals surface area contributed by atoms with Crippen LogP contribution in [0, 0.1) is 5.41 Å². The molecule has 0 heterocycles. The van der Waals surface area contributed by atoms with Gasteiger partial charge in [0.05, 0.1) is 5.97 Å². The Bertz CT molecular complexity index is 342. The molecule has 1 aliphatic rings. The first-order chi connectivity index (χ1) is 5.54. The minimum absolute atomic E-state index is 0. The summed E-state index contributed by atoms with van der Waals surface area (Å²) in [5.74, 6) is -3.58. The van der Waals surface area contributed by atoms with Crippen molar-refractivity contribution in [3.63, 3.8) is 0 Å². The summed E-state index contributed by atoms with van der Waals surface area (Å²) in [7, 11) is 0. The van der Waals surface area contributed by atoms with Crippen LogP contribution in [0.2, 0.25) is 0 Å². The fourth-order valence-electron chi connectivity index (χ4n) is 0.736. The topological polar surface area (TPSA) is 101 Å². The van der Waals surface area contributed by atoms with E-state index in [2.05, 4.69) is 0 Å². The summed E-state index contributed by atoms with van der Waals surface area (Å²) in [4.78, 5) is 21.0. The summed E-state index contributed by atoms with van der Waals surface area (Å²) in [6.07, 6.45) is 1.95. The zero-order valence-corrected chi connectivity index (χ0v) is 8.83. The van der Waals surface area contributed by atoms with Crippen LogP contribution in [-0.2, 0) is 9.59 Å². The van der Waals surface area contributed by atoms with E-state index < -0.39 is 28.8 Å². The van der Waals surface area contributed by atoms with Crippen LogP contribution in [0.4, 0.5) is 0 Å². The molecule has 0 saturated heterocycles. The minimum Gasteiger partial charge on any atom is -0.545 e. The van der Waals surface area contributed by atoms with Crippen LogP contribution in [0.3, 0.4) is 0 Å². The average molecular weight is 189 g/mol. The van der Waals surface area contributed by atoms with E-state index in [1.807, 2.05) is 0 Å². The van der Waals surface area contributed by atoms with Crippen molar-refractivity contribution in [3.8, 4) is 0 Å². The molecule has 0 aliphatic heterocycles. The van der Waals surface area contributed by atoms with E-state index in [9.17, 15) is 14.7 Å². The summed E-state index contributed by atoms with van der Waals surface area (Å²) >= 11 is 0. The molecule has 0 aromatic carbocycles. The molecule has 2 N–H and O–H groups in total. The van der Waals surface area contributed by atoms with Crippen LogP contribution in [0.5, 0.6) is 0 Å². The molecular weight excluding hydrogens is 185 g/mol. The molecule has 6 heteroatoms. The third kappa shape index (κ3) is 2.27. The third-order valence-corrected chi connectivity index (χ3v) is 1.35. The molecule has 0 unspecified atom stereocenters. The molecule has 0 aromatic rings. The van der Waals surface area contributed by atoms with Gasteiger partial charge >= 0.3 is 29.6 Å². The molecule has 0 saturated carbocycles. The van der Waals surface area contributed by atoms with Crippen LogP contribution in [0.15, 0.2) is 23.5 Å². The van der Waals surface area contributed by atoms with Gasteiger partial charge in [-0.2, -0.15) is 0 Å². The molecule has 0 fully saturated rings. The van der Waals surface area contributed by atoms with Crippen molar-refractivity contribution in [2.45, 2.75) is 0 Å². The van der Waals surface area contributed by atoms with E-state index in [0.29, 0.717) is 0 Å². The fourth-order valence-corrected chi connectivity index (χ4v) is 0.736. The number of carbonyl (C=O) groups is 2. The van der Waals surface area contributed by atoms with Gasteiger partial charge in [-0.05, 0) is 12.2 Å². The van der Waals surface area contributed by atoms with E-state index in [1.165, 1.54) is 0 Å². The van der Waals surface area contributed by atoms with E-state index in [0.717, 1.165) is 12.2 Å². The van der Waals surface area contributed by atoms with E-state index in [4.69, 9.17) is 10.5 Å². The number of carboxylic acid groups (broad SMARTS) is 1. The van der Waals surface area contributed by atoms with Crippen molar-refractivity contribution in [2.24, 2.45) is 0 Å². The molecule has 0 radical (unpaired) electrons. The predicted molar refractivity (Wildman–Crippen MR) is 36.5 cm³/mol. The first kappa shape index (κ1) is 12.1.